The van der Waals surface area contributed by atoms with E-state index >= 15 is 0 Å². The highest BCUT2D eigenvalue weighted by molar-refractivity contribution is 5.66. The van der Waals surface area contributed by atoms with E-state index < -0.39 is 5.97 Å². The Hall–Kier alpha value is -1.31. The molecule has 0 heterocycles. The second-order valence-corrected chi connectivity index (χ2v) is 7.83. The zero-order valence-electron chi connectivity index (χ0n) is 18.4. The van der Waals surface area contributed by atoms with Crippen molar-refractivity contribution in [3.8, 4) is 0 Å². The Morgan fingerprint density at radius 1 is 0.577 bits per heavy atom. The first-order valence-corrected chi connectivity index (χ1v) is 10.4. The third-order valence-electron chi connectivity index (χ3n) is 5.82. The van der Waals surface area contributed by atoms with Gasteiger partial charge in [-0.2, -0.15) is 0 Å². The molecular formula is C24H42O2. The quantitative estimate of drug-likeness (QED) is 0.266. The Morgan fingerprint density at radius 2 is 0.962 bits per heavy atom. The van der Waals surface area contributed by atoms with Crippen LogP contribution in [0.1, 0.15) is 113 Å². The van der Waals surface area contributed by atoms with E-state index in [9.17, 15) is 4.79 Å². The first-order chi connectivity index (χ1) is 12.2. The lowest BCUT2D eigenvalue weighted by molar-refractivity contribution is -0.137. The molecule has 0 aliphatic rings. The average Bonchev–Trinajstić information content (AvgIpc) is 2.61. The van der Waals surface area contributed by atoms with E-state index in [2.05, 4.69) is 48.5 Å². The fraction of sp³-hybridized carbons (Fsp3) is 0.708. The van der Waals surface area contributed by atoms with Gasteiger partial charge in [-0.1, -0.05) is 43.8 Å². The van der Waals surface area contributed by atoms with Gasteiger partial charge in [0, 0.05) is 6.42 Å². The molecule has 0 atom stereocenters. The summed E-state index contributed by atoms with van der Waals surface area (Å²) in [5.74, 6) is -0.679. The summed E-state index contributed by atoms with van der Waals surface area (Å²) in [6.45, 7) is 15.8. The van der Waals surface area contributed by atoms with E-state index in [1.54, 1.807) is 0 Å². The maximum atomic E-state index is 10.5. The fourth-order valence-electron chi connectivity index (χ4n) is 3.24. The predicted molar refractivity (Wildman–Crippen MR) is 115 cm³/mol. The molecule has 0 rings (SSSR count). The van der Waals surface area contributed by atoms with Gasteiger partial charge in [0.2, 0.25) is 0 Å². The van der Waals surface area contributed by atoms with Crippen molar-refractivity contribution in [3.05, 3.63) is 33.4 Å². The number of carboxylic acids is 1. The molecule has 0 unspecified atom stereocenters. The number of carbonyl (C=O) groups is 1. The van der Waals surface area contributed by atoms with Crippen LogP contribution in [-0.4, -0.2) is 11.1 Å². The van der Waals surface area contributed by atoms with Gasteiger partial charge in [-0.25, -0.2) is 0 Å². The molecule has 0 aliphatic carbocycles. The van der Waals surface area contributed by atoms with Crippen molar-refractivity contribution < 1.29 is 9.90 Å². The second-order valence-electron chi connectivity index (χ2n) is 7.83. The topological polar surface area (TPSA) is 37.3 Å². The van der Waals surface area contributed by atoms with E-state index in [0.29, 0.717) is 6.42 Å². The lowest BCUT2D eigenvalue weighted by Crippen LogP contribution is -1.96. The SMILES string of the molecule is CCCCCC(C)=C(C)C(C)=C(C)C(C)=C(C)CCCCCCC(=O)O. The number of hydrogen-bond donors (Lipinski definition) is 1. The Balaban J connectivity index is 4.77. The highest BCUT2D eigenvalue weighted by Crippen LogP contribution is 2.27. The molecule has 0 aromatic rings. The van der Waals surface area contributed by atoms with Gasteiger partial charge in [-0.3, -0.25) is 4.79 Å². The lowest BCUT2D eigenvalue weighted by Gasteiger charge is -2.15. The van der Waals surface area contributed by atoms with Crippen LogP contribution in [0.2, 0.25) is 0 Å². The van der Waals surface area contributed by atoms with Crippen molar-refractivity contribution in [3.63, 3.8) is 0 Å². The van der Waals surface area contributed by atoms with Crippen molar-refractivity contribution in [2.75, 3.05) is 0 Å². The molecule has 0 fully saturated rings. The van der Waals surface area contributed by atoms with E-state index in [0.717, 1.165) is 32.1 Å². The van der Waals surface area contributed by atoms with Crippen LogP contribution in [-0.2, 0) is 4.79 Å². The van der Waals surface area contributed by atoms with Gasteiger partial charge in [-0.05, 0) is 95.9 Å². The van der Waals surface area contributed by atoms with Crippen LogP contribution >= 0.6 is 0 Å². The molecule has 26 heavy (non-hydrogen) atoms. The number of hydrogen-bond acceptors (Lipinski definition) is 1. The highest BCUT2D eigenvalue weighted by Gasteiger charge is 2.07. The first kappa shape index (κ1) is 24.7. The molecule has 2 heteroatoms. The molecule has 0 radical (unpaired) electrons. The largest absolute Gasteiger partial charge is 0.481 e. The lowest BCUT2D eigenvalue weighted by atomic mass is 9.91. The van der Waals surface area contributed by atoms with E-state index in [1.165, 1.54) is 59.1 Å². The zero-order valence-corrected chi connectivity index (χ0v) is 18.4. The van der Waals surface area contributed by atoms with Crippen LogP contribution in [0.5, 0.6) is 0 Å². The number of carboxylic acid groups (broad SMARTS) is 1. The second kappa shape index (κ2) is 13.8. The van der Waals surface area contributed by atoms with E-state index in [-0.39, 0.29) is 0 Å². The molecule has 0 bridgehead atoms. The molecule has 2 nitrogen and oxygen atoms in total. The molecule has 0 aromatic carbocycles. The Morgan fingerprint density at radius 3 is 1.35 bits per heavy atom. The van der Waals surface area contributed by atoms with Crippen molar-refractivity contribution in [2.45, 2.75) is 113 Å². The minimum Gasteiger partial charge on any atom is -0.481 e. The van der Waals surface area contributed by atoms with Crippen LogP contribution in [0.25, 0.3) is 0 Å². The van der Waals surface area contributed by atoms with Crippen LogP contribution in [0, 0.1) is 0 Å². The summed E-state index contributed by atoms with van der Waals surface area (Å²) < 4.78 is 0. The molecule has 1 N–H and O–H groups in total. The molecule has 0 saturated carbocycles. The summed E-state index contributed by atoms with van der Waals surface area (Å²) >= 11 is 0. The molecule has 0 aromatic heterocycles. The van der Waals surface area contributed by atoms with Gasteiger partial charge >= 0.3 is 5.97 Å². The number of aliphatic carboxylic acids is 1. The van der Waals surface area contributed by atoms with Gasteiger partial charge in [0.05, 0.1) is 0 Å². The third kappa shape index (κ3) is 9.99. The van der Waals surface area contributed by atoms with Gasteiger partial charge in [0.25, 0.3) is 0 Å². The molecule has 150 valence electrons. The maximum absolute atomic E-state index is 10.5. The number of allylic oxidation sites excluding steroid dienone is 6. The zero-order chi connectivity index (χ0) is 20.1. The fourth-order valence-corrected chi connectivity index (χ4v) is 3.24. The van der Waals surface area contributed by atoms with Crippen molar-refractivity contribution in [1.29, 1.82) is 0 Å². The normalized spacial score (nSPS) is 14.6. The summed E-state index contributed by atoms with van der Waals surface area (Å²) in [6, 6.07) is 0. The summed E-state index contributed by atoms with van der Waals surface area (Å²) in [6.07, 6.45) is 10.6. The smallest absolute Gasteiger partial charge is 0.303 e. The highest BCUT2D eigenvalue weighted by atomic mass is 16.4. The van der Waals surface area contributed by atoms with Crippen molar-refractivity contribution >= 4 is 5.97 Å². The molecule has 0 aliphatic heterocycles. The van der Waals surface area contributed by atoms with Gasteiger partial charge < -0.3 is 5.11 Å². The minimum atomic E-state index is -0.679. The van der Waals surface area contributed by atoms with E-state index in [4.69, 9.17) is 5.11 Å². The van der Waals surface area contributed by atoms with Crippen molar-refractivity contribution in [1.82, 2.24) is 0 Å². The van der Waals surface area contributed by atoms with Crippen LogP contribution in [0.15, 0.2) is 33.4 Å². The maximum Gasteiger partial charge on any atom is 0.303 e. The Bertz CT molecular complexity index is 532. The standard InChI is InChI=1S/C24H42O2/c1-8-9-12-15-18(2)20(4)22(6)23(7)21(5)19(3)16-13-10-11-14-17-24(25)26/h8-17H2,1-7H3,(H,25,26). The summed E-state index contributed by atoms with van der Waals surface area (Å²) in [4.78, 5) is 10.5. The summed E-state index contributed by atoms with van der Waals surface area (Å²) in [5.41, 5.74) is 8.72. The van der Waals surface area contributed by atoms with Crippen LogP contribution < -0.4 is 0 Å². The minimum absolute atomic E-state index is 0.304. The number of unbranched alkanes of at least 4 members (excludes halogenated alkanes) is 5. The molecule has 0 spiro atoms. The molecule has 0 saturated heterocycles. The van der Waals surface area contributed by atoms with Crippen LogP contribution in [0.3, 0.4) is 0 Å². The summed E-state index contributed by atoms with van der Waals surface area (Å²) in [5, 5.41) is 8.67. The Labute approximate surface area is 162 Å². The van der Waals surface area contributed by atoms with Gasteiger partial charge in [0.1, 0.15) is 0 Å². The predicted octanol–water partition coefficient (Wildman–Crippen LogP) is 8.00. The van der Waals surface area contributed by atoms with Crippen LogP contribution in [0.4, 0.5) is 0 Å². The van der Waals surface area contributed by atoms with Crippen molar-refractivity contribution in [2.24, 2.45) is 0 Å². The van der Waals surface area contributed by atoms with Gasteiger partial charge in [-0.15, -0.1) is 0 Å². The first-order valence-electron chi connectivity index (χ1n) is 10.4. The number of rotatable bonds is 13. The average molecular weight is 363 g/mol. The molecular weight excluding hydrogens is 320 g/mol. The third-order valence-corrected chi connectivity index (χ3v) is 5.82. The monoisotopic (exact) mass is 362 g/mol. The molecule has 0 amide bonds. The Kier molecular flexibility index (Phi) is 13.1. The van der Waals surface area contributed by atoms with Gasteiger partial charge in [0.15, 0.2) is 0 Å². The van der Waals surface area contributed by atoms with E-state index in [1.807, 2.05) is 0 Å². The summed E-state index contributed by atoms with van der Waals surface area (Å²) in [7, 11) is 0.